The van der Waals surface area contributed by atoms with Gasteiger partial charge in [0.25, 0.3) is 6.29 Å². The lowest BCUT2D eigenvalue weighted by Gasteiger charge is -2.11. The number of hydrogen-bond acceptors (Lipinski definition) is 6. The van der Waals surface area contributed by atoms with Crippen LogP contribution >= 0.6 is 0 Å². The van der Waals surface area contributed by atoms with E-state index in [2.05, 4.69) is 4.74 Å². The number of esters is 2. The fourth-order valence-corrected chi connectivity index (χ4v) is 1.02. The molecule has 0 amide bonds. The van der Waals surface area contributed by atoms with Gasteiger partial charge in [-0.2, -0.15) is 0 Å². The molecule has 1 heterocycles. The van der Waals surface area contributed by atoms with Gasteiger partial charge in [-0.3, -0.25) is 9.59 Å². The normalized spacial score (nSPS) is 18.1. The van der Waals surface area contributed by atoms with Crippen molar-refractivity contribution < 1.29 is 28.5 Å². The van der Waals surface area contributed by atoms with E-state index in [1.54, 1.807) is 0 Å². The van der Waals surface area contributed by atoms with Gasteiger partial charge in [0.15, 0.2) is 12.9 Å². The first-order chi connectivity index (χ1) is 7.61. The maximum Gasteiger partial charge on any atom is 0.326 e. The van der Waals surface area contributed by atoms with E-state index in [0.29, 0.717) is 6.42 Å². The number of hydrogen-bond donors (Lipinski definition) is 0. The molecular weight excluding hydrogens is 216 g/mol. The number of ether oxygens (including phenoxy) is 4. The zero-order valence-electron chi connectivity index (χ0n) is 9.23. The summed E-state index contributed by atoms with van der Waals surface area (Å²) in [5, 5.41) is 0. The van der Waals surface area contributed by atoms with E-state index in [-0.39, 0.29) is 18.5 Å². The van der Waals surface area contributed by atoms with E-state index in [4.69, 9.17) is 14.2 Å². The molecule has 0 N–H and O–H groups in total. The number of rotatable bonds is 5. The van der Waals surface area contributed by atoms with Crippen molar-refractivity contribution in [2.45, 2.75) is 33.0 Å². The molecule has 0 saturated heterocycles. The maximum absolute atomic E-state index is 11.0. The predicted molar refractivity (Wildman–Crippen MR) is 51.7 cm³/mol. The van der Waals surface area contributed by atoms with Gasteiger partial charge < -0.3 is 18.9 Å². The van der Waals surface area contributed by atoms with Crippen molar-refractivity contribution in [3.8, 4) is 0 Å². The van der Waals surface area contributed by atoms with Crippen molar-refractivity contribution in [1.82, 2.24) is 0 Å². The van der Waals surface area contributed by atoms with Gasteiger partial charge in [-0.15, -0.1) is 0 Å². The molecule has 90 valence electrons. The molecule has 0 fully saturated rings. The monoisotopic (exact) mass is 230 g/mol. The number of carbonyl (C=O) groups excluding carboxylic acids is 2. The summed E-state index contributed by atoms with van der Waals surface area (Å²) in [6.45, 7) is 3.10. The lowest BCUT2D eigenvalue weighted by Crippen LogP contribution is -2.20. The molecule has 0 aromatic rings. The lowest BCUT2D eigenvalue weighted by molar-refractivity contribution is -0.162. The third-order valence-corrected chi connectivity index (χ3v) is 1.64. The Hall–Kier alpha value is -1.72. The second kappa shape index (κ2) is 5.99. The summed E-state index contributed by atoms with van der Waals surface area (Å²) < 4.78 is 19.5. The molecule has 0 saturated carbocycles. The highest BCUT2D eigenvalue weighted by Gasteiger charge is 2.23. The highest BCUT2D eigenvalue weighted by Crippen LogP contribution is 2.15. The van der Waals surface area contributed by atoms with Crippen LogP contribution in [-0.2, 0) is 28.5 Å². The van der Waals surface area contributed by atoms with E-state index in [1.165, 1.54) is 13.2 Å². The van der Waals surface area contributed by atoms with Crippen molar-refractivity contribution in [2.75, 3.05) is 6.61 Å². The zero-order valence-corrected chi connectivity index (χ0v) is 9.23. The van der Waals surface area contributed by atoms with Gasteiger partial charge in [-0.1, -0.05) is 6.92 Å². The third-order valence-electron chi connectivity index (χ3n) is 1.64. The summed E-state index contributed by atoms with van der Waals surface area (Å²) in [7, 11) is 0. The fourth-order valence-electron chi connectivity index (χ4n) is 1.02. The van der Waals surface area contributed by atoms with Gasteiger partial charge in [0, 0.05) is 13.3 Å². The highest BCUT2D eigenvalue weighted by atomic mass is 16.8. The molecule has 1 rings (SSSR count). The van der Waals surface area contributed by atoms with E-state index in [9.17, 15) is 9.59 Å². The second-order valence-corrected chi connectivity index (χ2v) is 3.15. The molecule has 1 aliphatic heterocycles. The first kappa shape index (κ1) is 12.4. The van der Waals surface area contributed by atoms with E-state index in [1.807, 2.05) is 6.92 Å². The molecule has 1 atom stereocenters. The predicted octanol–water partition coefficient (Wildman–Crippen LogP) is 1.06. The standard InChI is InChI=1S/C10H14O6/c1-3-4-8(12)13-5-9-14-6-10(16-9)15-7(2)11/h6,9H,3-5H2,1-2H3/t9-/m0/s1. The van der Waals surface area contributed by atoms with Crippen LogP contribution in [0.3, 0.4) is 0 Å². The minimum Gasteiger partial charge on any atom is -0.458 e. The van der Waals surface area contributed by atoms with Crippen molar-refractivity contribution in [2.24, 2.45) is 0 Å². The van der Waals surface area contributed by atoms with Gasteiger partial charge in [-0.05, 0) is 6.42 Å². The van der Waals surface area contributed by atoms with Crippen molar-refractivity contribution in [1.29, 1.82) is 0 Å². The van der Waals surface area contributed by atoms with Crippen molar-refractivity contribution in [3.63, 3.8) is 0 Å². The Morgan fingerprint density at radius 2 is 2.25 bits per heavy atom. The first-order valence-electron chi connectivity index (χ1n) is 4.98. The van der Waals surface area contributed by atoms with Crippen LogP contribution in [0.15, 0.2) is 12.2 Å². The van der Waals surface area contributed by atoms with Crippen LogP contribution in [-0.4, -0.2) is 24.8 Å². The Morgan fingerprint density at radius 3 is 2.88 bits per heavy atom. The van der Waals surface area contributed by atoms with Crippen LogP contribution in [0.2, 0.25) is 0 Å². The topological polar surface area (TPSA) is 71.1 Å². The smallest absolute Gasteiger partial charge is 0.326 e. The molecule has 6 heteroatoms. The molecule has 0 bridgehead atoms. The lowest BCUT2D eigenvalue weighted by atomic mass is 10.3. The largest absolute Gasteiger partial charge is 0.458 e. The molecule has 6 nitrogen and oxygen atoms in total. The highest BCUT2D eigenvalue weighted by molar-refractivity contribution is 5.69. The van der Waals surface area contributed by atoms with Gasteiger partial charge in [0.1, 0.15) is 0 Å². The van der Waals surface area contributed by atoms with Gasteiger partial charge in [0.05, 0.1) is 0 Å². The van der Waals surface area contributed by atoms with Gasteiger partial charge in [0.2, 0.25) is 0 Å². The van der Waals surface area contributed by atoms with Crippen LogP contribution in [0.5, 0.6) is 0 Å². The quantitative estimate of drug-likeness (QED) is 0.658. The third kappa shape index (κ3) is 4.20. The Balaban J connectivity index is 2.19. The first-order valence-corrected chi connectivity index (χ1v) is 4.98. The Labute approximate surface area is 93.1 Å². The summed E-state index contributed by atoms with van der Waals surface area (Å²) in [5.74, 6) is -0.835. The fraction of sp³-hybridized carbons (Fsp3) is 0.600. The summed E-state index contributed by atoms with van der Waals surface area (Å²) >= 11 is 0. The van der Waals surface area contributed by atoms with E-state index >= 15 is 0 Å². The zero-order chi connectivity index (χ0) is 12.0. The Kier molecular flexibility index (Phi) is 4.63. The average Bonchev–Trinajstić information content (AvgIpc) is 2.62. The Morgan fingerprint density at radius 1 is 1.50 bits per heavy atom. The van der Waals surface area contributed by atoms with Crippen LogP contribution in [0.4, 0.5) is 0 Å². The summed E-state index contributed by atoms with van der Waals surface area (Å²) in [6, 6.07) is 0. The van der Waals surface area contributed by atoms with Crippen molar-refractivity contribution >= 4 is 11.9 Å². The molecule has 0 radical (unpaired) electrons. The summed E-state index contributed by atoms with van der Waals surface area (Å²) in [4.78, 5) is 21.6. The molecule has 16 heavy (non-hydrogen) atoms. The molecular formula is C10H14O6. The minimum atomic E-state index is -0.741. The second-order valence-electron chi connectivity index (χ2n) is 3.15. The van der Waals surface area contributed by atoms with Crippen LogP contribution < -0.4 is 0 Å². The van der Waals surface area contributed by atoms with Gasteiger partial charge >= 0.3 is 17.9 Å². The minimum absolute atomic E-state index is 0.0240. The van der Waals surface area contributed by atoms with Crippen LogP contribution in [0.25, 0.3) is 0 Å². The average molecular weight is 230 g/mol. The maximum atomic E-state index is 11.0. The van der Waals surface area contributed by atoms with Crippen molar-refractivity contribution in [3.05, 3.63) is 12.2 Å². The summed E-state index contributed by atoms with van der Waals surface area (Å²) in [5.41, 5.74) is 0. The molecule has 0 unspecified atom stereocenters. The van der Waals surface area contributed by atoms with Crippen LogP contribution in [0, 0.1) is 0 Å². The number of carbonyl (C=O) groups is 2. The summed E-state index contributed by atoms with van der Waals surface area (Å²) in [6.07, 6.45) is 1.51. The molecule has 0 aliphatic carbocycles. The molecule has 1 aliphatic rings. The molecule has 0 aromatic carbocycles. The Bertz CT molecular complexity index is 296. The molecule has 0 spiro atoms. The van der Waals surface area contributed by atoms with E-state index < -0.39 is 12.3 Å². The SMILES string of the molecule is CCCC(=O)OC[C@H]1OC=C(OC(C)=O)O1. The van der Waals surface area contributed by atoms with Gasteiger partial charge in [-0.25, -0.2) is 0 Å². The molecule has 0 aromatic heterocycles. The van der Waals surface area contributed by atoms with E-state index in [0.717, 1.165) is 6.42 Å². The van der Waals surface area contributed by atoms with Crippen LogP contribution in [0.1, 0.15) is 26.7 Å².